The number of hydrogen-bond acceptors (Lipinski definition) is 4. The van der Waals surface area contributed by atoms with Gasteiger partial charge < -0.3 is 4.98 Å². The molecular formula is C14H11F3IN5O. The van der Waals surface area contributed by atoms with Gasteiger partial charge in [0.1, 0.15) is 20.6 Å². The third-order valence-corrected chi connectivity index (χ3v) is 4.32. The molecule has 1 unspecified atom stereocenters. The maximum absolute atomic E-state index is 12.6. The number of aromatic amines is 1. The first-order chi connectivity index (χ1) is 11.2. The quantitative estimate of drug-likeness (QED) is 0.611. The van der Waals surface area contributed by atoms with Gasteiger partial charge in [-0.2, -0.15) is 18.3 Å². The Bertz CT molecular complexity index is 961. The van der Waals surface area contributed by atoms with Crippen LogP contribution in [0.25, 0.3) is 11.0 Å². The van der Waals surface area contributed by atoms with E-state index in [1.54, 1.807) is 13.8 Å². The standard InChI is InChI=1S/C14H11F3IN5O/c1-6(8-3-4-9(19-5-8)14(15,16)17)23-12-10(11(18)22-23)13(24)21-7(2)20-12/h3-6H,1-2H3,(H,20,21,24). The van der Waals surface area contributed by atoms with E-state index < -0.39 is 17.9 Å². The van der Waals surface area contributed by atoms with Crippen LogP contribution < -0.4 is 5.56 Å². The summed E-state index contributed by atoms with van der Waals surface area (Å²) in [5.41, 5.74) is -0.341. The number of H-pyrrole nitrogens is 1. The van der Waals surface area contributed by atoms with Gasteiger partial charge in [-0.1, -0.05) is 6.07 Å². The molecule has 3 aromatic heterocycles. The maximum Gasteiger partial charge on any atom is 0.433 e. The van der Waals surface area contributed by atoms with Gasteiger partial charge in [-0.3, -0.25) is 9.78 Å². The van der Waals surface area contributed by atoms with Crippen molar-refractivity contribution >= 4 is 33.6 Å². The molecule has 0 aromatic carbocycles. The molecule has 0 bridgehead atoms. The third kappa shape index (κ3) is 2.89. The lowest BCUT2D eigenvalue weighted by atomic mass is 10.1. The summed E-state index contributed by atoms with van der Waals surface area (Å²) in [7, 11) is 0. The van der Waals surface area contributed by atoms with E-state index in [-0.39, 0.29) is 5.56 Å². The van der Waals surface area contributed by atoms with E-state index >= 15 is 0 Å². The van der Waals surface area contributed by atoms with Crippen LogP contribution in [0.15, 0.2) is 23.1 Å². The van der Waals surface area contributed by atoms with Gasteiger partial charge in [0.2, 0.25) is 0 Å². The Kier molecular flexibility index (Phi) is 4.10. The predicted octanol–water partition coefficient (Wildman–Crippen LogP) is 3.06. The maximum atomic E-state index is 12.6. The van der Waals surface area contributed by atoms with Crippen LogP contribution in [-0.4, -0.2) is 24.7 Å². The summed E-state index contributed by atoms with van der Waals surface area (Å²) in [6.45, 7) is 3.40. The topological polar surface area (TPSA) is 76.5 Å². The van der Waals surface area contributed by atoms with Crippen molar-refractivity contribution in [3.63, 3.8) is 0 Å². The molecule has 0 saturated carbocycles. The average Bonchev–Trinajstić information content (AvgIpc) is 2.82. The molecule has 0 aliphatic heterocycles. The highest BCUT2D eigenvalue weighted by Crippen LogP contribution is 2.29. The molecule has 3 heterocycles. The fourth-order valence-electron chi connectivity index (χ4n) is 2.35. The van der Waals surface area contributed by atoms with Crippen LogP contribution in [0, 0.1) is 10.6 Å². The molecule has 0 radical (unpaired) electrons. The van der Waals surface area contributed by atoms with Crippen molar-refractivity contribution < 1.29 is 13.2 Å². The van der Waals surface area contributed by atoms with Crippen molar-refractivity contribution in [1.82, 2.24) is 24.7 Å². The number of halogens is 4. The minimum absolute atomic E-state index is 0.300. The number of nitrogens with one attached hydrogen (secondary N) is 1. The Labute approximate surface area is 147 Å². The number of hydrogen-bond donors (Lipinski definition) is 1. The summed E-state index contributed by atoms with van der Waals surface area (Å²) in [6, 6.07) is 1.84. The van der Waals surface area contributed by atoms with E-state index in [0.717, 1.165) is 12.3 Å². The molecule has 10 heteroatoms. The first-order valence-corrected chi connectivity index (χ1v) is 7.94. The van der Waals surface area contributed by atoms with E-state index in [1.165, 1.54) is 10.7 Å². The Morgan fingerprint density at radius 1 is 1.33 bits per heavy atom. The first-order valence-electron chi connectivity index (χ1n) is 6.86. The molecule has 0 aliphatic carbocycles. The van der Waals surface area contributed by atoms with Gasteiger partial charge in [0.05, 0.1) is 6.04 Å². The van der Waals surface area contributed by atoms with Gasteiger partial charge in [-0.05, 0) is 48.1 Å². The van der Waals surface area contributed by atoms with E-state index in [0.29, 0.717) is 26.1 Å². The number of nitrogens with zero attached hydrogens (tertiary/aromatic N) is 4. The Morgan fingerprint density at radius 3 is 2.62 bits per heavy atom. The van der Waals surface area contributed by atoms with E-state index in [4.69, 9.17) is 0 Å². The van der Waals surface area contributed by atoms with Crippen molar-refractivity contribution in [2.24, 2.45) is 0 Å². The molecule has 1 N–H and O–H groups in total. The zero-order chi connectivity index (χ0) is 17.6. The summed E-state index contributed by atoms with van der Waals surface area (Å²) < 4.78 is 39.8. The highest BCUT2D eigenvalue weighted by Gasteiger charge is 2.32. The van der Waals surface area contributed by atoms with E-state index in [9.17, 15) is 18.0 Å². The lowest BCUT2D eigenvalue weighted by Gasteiger charge is -2.14. The SMILES string of the molecule is Cc1nc2c(c(I)nn2C(C)c2ccc(C(F)(F)F)nc2)c(=O)[nH]1. The Hall–Kier alpha value is -1.98. The largest absolute Gasteiger partial charge is 0.433 e. The van der Waals surface area contributed by atoms with Crippen LogP contribution in [-0.2, 0) is 6.18 Å². The minimum Gasteiger partial charge on any atom is -0.310 e. The second kappa shape index (κ2) is 5.83. The third-order valence-electron chi connectivity index (χ3n) is 3.56. The van der Waals surface area contributed by atoms with Crippen LogP contribution in [0.3, 0.4) is 0 Å². The zero-order valence-corrected chi connectivity index (χ0v) is 14.7. The lowest BCUT2D eigenvalue weighted by Crippen LogP contribution is -2.14. The molecule has 0 fully saturated rings. The zero-order valence-electron chi connectivity index (χ0n) is 12.5. The van der Waals surface area contributed by atoms with Gasteiger partial charge in [0.15, 0.2) is 5.65 Å². The molecule has 0 saturated heterocycles. The number of alkyl halides is 3. The summed E-state index contributed by atoms with van der Waals surface area (Å²) in [5.74, 6) is 0.433. The monoisotopic (exact) mass is 449 g/mol. The minimum atomic E-state index is -4.48. The van der Waals surface area contributed by atoms with Crippen LogP contribution in [0.1, 0.15) is 30.0 Å². The number of aryl methyl sites for hydroxylation is 1. The summed E-state index contributed by atoms with van der Waals surface area (Å²) in [4.78, 5) is 22.4. The van der Waals surface area contributed by atoms with Gasteiger partial charge in [-0.25, -0.2) is 9.67 Å². The van der Waals surface area contributed by atoms with Gasteiger partial charge >= 0.3 is 6.18 Å². The van der Waals surface area contributed by atoms with Crippen LogP contribution >= 0.6 is 22.6 Å². The molecule has 0 aliphatic rings. The number of aromatic nitrogens is 5. The van der Waals surface area contributed by atoms with E-state index in [2.05, 4.69) is 20.1 Å². The van der Waals surface area contributed by atoms with Crippen molar-refractivity contribution in [2.45, 2.75) is 26.1 Å². The molecule has 1 atom stereocenters. The fraction of sp³-hybridized carbons (Fsp3) is 0.286. The van der Waals surface area contributed by atoms with Crippen LogP contribution in [0.4, 0.5) is 13.2 Å². The molecule has 24 heavy (non-hydrogen) atoms. The second-order valence-electron chi connectivity index (χ2n) is 5.24. The lowest BCUT2D eigenvalue weighted by molar-refractivity contribution is -0.141. The molecule has 3 rings (SSSR count). The Balaban J connectivity index is 2.09. The summed E-state index contributed by atoms with van der Waals surface area (Å²) in [6.07, 6.45) is -3.32. The first kappa shape index (κ1) is 16.9. The summed E-state index contributed by atoms with van der Waals surface area (Å²) >= 11 is 1.93. The van der Waals surface area contributed by atoms with Gasteiger partial charge in [0, 0.05) is 6.20 Å². The molecular weight excluding hydrogens is 438 g/mol. The van der Waals surface area contributed by atoms with Crippen molar-refractivity contribution in [3.05, 3.63) is 49.5 Å². The molecule has 126 valence electrons. The molecule has 3 aromatic rings. The molecule has 0 spiro atoms. The number of pyridine rings is 1. The molecule has 0 amide bonds. The van der Waals surface area contributed by atoms with Gasteiger partial charge in [-0.15, -0.1) is 0 Å². The molecule has 6 nitrogen and oxygen atoms in total. The summed E-state index contributed by atoms with van der Waals surface area (Å²) in [5, 5.41) is 4.66. The Morgan fingerprint density at radius 2 is 2.04 bits per heavy atom. The normalized spacial score (nSPS) is 13.4. The van der Waals surface area contributed by atoms with Crippen molar-refractivity contribution in [2.75, 3.05) is 0 Å². The van der Waals surface area contributed by atoms with Crippen LogP contribution in [0.5, 0.6) is 0 Å². The number of fused-ring (bicyclic) bond motifs is 1. The smallest absolute Gasteiger partial charge is 0.310 e. The highest BCUT2D eigenvalue weighted by atomic mass is 127. The highest BCUT2D eigenvalue weighted by molar-refractivity contribution is 14.1. The van der Waals surface area contributed by atoms with E-state index in [1.807, 2.05) is 22.6 Å². The predicted molar refractivity (Wildman–Crippen MR) is 88.7 cm³/mol. The fourth-order valence-corrected chi connectivity index (χ4v) is 3.06. The second-order valence-corrected chi connectivity index (χ2v) is 6.26. The number of rotatable bonds is 2. The van der Waals surface area contributed by atoms with Crippen LogP contribution in [0.2, 0.25) is 0 Å². The average molecular weight is 449 g/mol. The van der Waals surface area contributed by atoms with Crippen molar-refractivity contribution in [3.8, 4) is 0 Å². The van der Waals surface area contributed by atoms with Gasteiger partial charge in [0.25, 0.3) is 5.56 Å². The van der Waals surface area contributed by atoms with Crippen molar-refractivity contribution in [1.29, 1.82) is 0 Å².